The van der Waals surface area contributed by atoms with Crippen LogP contribution in [-0.2, 0) is 4.79 Å². The summed E-state index contributed by atoms with van der Waals surface area (Å²) in [5.74, 6) is -1.09. The average molecular weight is 290 g/mol. The second-order valence-corrected chi connectivity index (χ2v) is 4.48. The molecule has 1 atom stereocenters. The lowest BCUT2D eigenvalue weighted by Gasteiger charge is -2.18. The number of alkyl halides is 3. The summed E-state index contributed by atoms with van der Waals surface area (Å²) in [7, 11) is 0. The Labute approximate surface area is 117 Å². The molecule has 0 aromatic rings. The number of hydrogen-bond donors (Lipinski definition) is 2. The van der Waals surface area contributed by atoms with Crippen molar-refractivity contribution in [2.24, 2.45) is 0 Å². The Hall–Kier alpha value is -1.59. The van der Waals surface area contributed by atoms with Gasteiger partial charge in [0.2, 0.25) is 5.91 Å². The number of rotatable bonds is 7. The predicted molar refractivity (Wildman–Crippen MR) is 73.8 cm³/mol. The number of amides is 1. The molecule has 0 fully saturated rings. The van der Waals surface area contributed by atoms with E-state index in [1.54, 1.807) is 13.0 Å². The molecule has 0 rings (SSSR count). The van der Waals surface area contributed by atoms with Crippen LogP contribution in [0.25, 0.3) is 0 Å². The molecule has 0 aromatic carbocycles. The second-order valence-electron chi connectivity index (χ2n) is 4.48. The summed E-state index contributed by atoms with van der Waals surface area (Å²) in [5.41, 5.74) is 1.23. The van der Waals surface area contributed by atoms with Crippen molar-refractivity contribution in [3.63, 3.8) is 0 Å². The van der Waals surface area contributed by atoms with Gasteiger partial charge in [0.25, 0.3) is 0 Å². The molecule has 114 valence electrons. The van der Waals surface area contributed by atoms with Gasteiger partial charge in [-0.15, -0.1) is 0 Å². The molecule has 0 aromatic heterocycles. The fourth-order valence-corrected chi connectivity index (χ4v) is 1.47. The first kappa shape index (κ1) is 18.4. The molecular formula is C14H21F3N2O. The van der Waals surface area contributed by atoms with Crippen molar-refractivity contribution in [3.05, 3.63) is 23.8 Å². The first-order valence-corrected chi connectivity index (χ1v) is 6.42. The fourth-order valence-electron chi connectivity index (χ4n) is 1.47. The van der Waals surface area contributed by atoms with E-state index in [-0.39, 0.29) is 5.71 Å². The lowest BCUT2D eigenvalue weighted by Crippen LogP contribution is -2.41. The molecule has 1 unspecified atom stereocenters. The lowest BCUT2D eigenvalue weighted by molar-refractivity contribution is -0.153. The number of allylic oxidation sites excluding steroid dienone is 4. The normalized spacial score (nSPS) is 14.4. The second kappa shape index (κ2) is 8.55. The number of hydrogen-bond acceptors (Lipinski definition) is 2. The van der Waals surface area contributed by atoms with Gasteiger partial charge in [0, 0.05) is 12.1 Å². The van der Waals surface area contributed by atoms with E-state index in [9.17, 15) is 18.0 Å². The topological polar surface area (TPSA) is 53.0 Å². The summed E-state index contributed by atoms with van der Waals surface area (Å²) >= 11 is 0. The summed E-state index contributed by atoms with van der Waals surface area (Å²) in [6.45, 7) is 5.51. The zero-order valence-electron chi connectivity index (χ0n) is 12.0. The van der Waals surface area contributed by atoms with Gasteiger partial charge in [-0.1, -0.05) is 30.7 Å². The monoisotopic (exact) mass is 290 g/mol. The van der Waals surface area contributed by atoms with Crippen LogP contribution >= 0.6 is 0 Å². The zero-order chi connectivity index (χ0) is 15.8. The Morgan fingerprint density at radius 2 is 2.00 bits per heavy atom. The number of nitrogens with one attached hydrogen (secondary N) is 2. The van der Waals surface area contributed by atoms with Crippen molar-refractivity contribution in [3.8, 4) is 0 Å². The van der Waals surface area contributed by atoms with E-state index >= 15 is 0 Å². The van der Waals surface area contributed by atoms with Crippen LogP contribution in [0.3, 0.4) is 0 Å². The first-order chi connectivity index (χ1) is 9.19. The van der Waals surface area contributed by atoms with E-state index in [0.29, 0.717) is 12.8 Å². The highest BCUT2D eigenvalue weighted by Gasteiger charge is 2.32. The smallest absolute Gasteiger partial charge is 0.348 e. The van der Waals surface area contributed by atoms with Crippen LogP contribution in [0.4, 0.5) is 13.2 Å². The summed E-state index contributed by atoms with van der Waals surface area (Å²) in [4.78, 5) is 11.2. The molecule has 6 heteroatoms. The van der Waals surface area contributed by atoms with Gasteiger partial charge in [0.05, 0.1) is 6.04 Å². The molecule has 0 heterocycles. The van der Waals surface area contributed by atoms with Crippen molar-refractivity contribution in [1.29, 1.82) is 5.41 Å². The molecule has 0 aliphatic carbocycles. The maximum absolute atomic E-state index is 12.1. The summed E-state index contributed by atoms with van der Waals surface area (Å²) in [6.07, 6.45) is 0.157. The molecule has 0 spiro atoms. The summed E-state index contributed by atoms with van der Waals surface area (Å²) < 4.78 is 36.2. The highest BCUT2D eigenvalue weighted by molar-refractivity contribution is 5.91. The zero-order valence-corrected chi connectivity index (χ0v) is 12.0. The van der Waals surface area contributed by atoms with E-state index in [4.69, 9.17) is 5.41 Å². The molecule has 2 N–H and O–H groups in total. The van der Waals surface area contributed by atoms with Gasteiger partial charge in [-0.25, -0.2) is 0 Å². The van der Waals surface area contributed by atoms with E-state index in [2.05, 4.69) is 5.32 Å². The Bertz CT molecular complexity index is 398. The molecule has 0 radical (unpaired) electrons. The van der Waals surface area contributed by atoms with Crippen LogP contribution in [0, 0.1) is 5.41 Å². The quantitative estimate of drug-likeness (QED) is 0.544. The first-order valence-electron chi connectivity index (χ1n) is 6.42. The van der Waals surface area contributed by atoms with Gasteiger partial charge < -0.3 is 10.7 Å². The van der Waals surface area contributed by atoms with Crippen molar-refractivity contribution in [1.82, 2.24) is 5.32 Å². The van der Waals surface area contributed by atoms with E-state index < -0.39 is 24.5 Å². The molecule has 0 aliphatic heterocycles. The van der Waals surface area contributed by atoms with Crippen molar-refractivity contribution in [2.45, 2.75) is 52.3 Å². The average Bonchev–Trinajstić information content (AvgIpc) is 2.33. The third kappa shape index (κ3) is 8.50. The van der Waals surface area contributed by atoms with Crippen LogP contribution in [0.5, 0.6) is 0 Å². The maximum atomic E-state index is 12.1. The van der Waals surface area contributed by atoms with E-state index in [1.165, 1.54) is 0 Å². The largest absolute Gasteiger partial charge is 0.397 e. The van der Waals surface area contributed by atoms with Crippen LogP contribution < -0.4 is 5.32 Å². The standard InChI is InChI=1S/C14H21F3N2O/c1-4-10(3)7-6-8-11(18)12(5-2)19-13(20)9-14(15,16)17/h4,6-7,12,18H,5,8-9H2,1-3H3,(H,19,20)/b7-6-,10-4-,18-11?. The minimum absolute atomic E-state index is 0.197. The van der Waals surface area contributed by atoms with Crippen LogP contribution in [-0.4, -0.2) is 23.8 Å². The van der Waals surface area contributed by atoms with Gasteiger partial charge in [-0.2, -0.15) is 13.2 Å². The van der Waals surface area contributed by atoms with Gasteiger partial charge in [-0.05, 0) is 20.3 Å². The Kier molecular flexibility index (Phi) is 7.87. The van der Waals surface area contributed by atoms with Crippen molar-refractivity contribution in [2.75, 3.05) is 0 Å². The summed E-state index contributed by atoms with van der Waals surface area (Å²) in [6, 6.07) is -0.652. The highest BCUT2D eigenvalue weighted by Crippen LogP contribution is 2.19. The van der Waals surface area contributed by atoms with Gasteiger partial charge in [0.1, 0.15) is 6.42 Å². The van der Waals surface area contributed by atoms with Crippen LogP contribution in [0.2, 0.25) is 0 Å². The lowest BCUT2D eigenvalue weighted by atomic mass is 10.1. The van der Waals surface area contributed by atoms with Gasteiger partial charge in [-0.3, -0.25) is 4.79 Å². The molecule has 3 nitrogen and oxygen atoms in total. The molecule has 0 bridgehead atoms. The number of carbonyl (C=O) groups excluding carboxylic acids is 1. The molecule has 0 saturated heterocycles. The molecule has 0 saturated carbocycles. The Morgan fingerprint density at radius 3 is 2.45 bits per heavy atom. The van der Waals surface area contributed by atoms with E-state index in [0.717, 1.165) is 5.57 Å². The minimum Gasteiger partial charge on any atom is -0.348 e. The molecule has 1 amide bonds. The SMILES string of the molecule is C/C=C(C)\C=C/CC(=N)C(CC)NC(=O)CC(F)(F)F. The Morgan fingerprint density at radius 1 is 1.40 bits per heavy atom. The fraction of sp³-hybridized carbons (Fsp3) is 0.571. The van der Waals surface area contributed by atoms with Crippen LogP contribution in [0.15, 0.2) is 23.8 Å². The third-order valence-electron chi connectivity index (χ3n) is 2.70. The van der Waals surface area contributed by atoms with Crippen molar-refractivity contribution >= 4 is 11.6 Å². The molecule has 20 heavy (non-hydrogen) atoms. The van der Waals surface area contributed by atoms with Crippen molar-refractivity contribution < 1.29 is 18.0 Å². The number of carbonyl (C=O) groups is 1. The summed E-state index contributed by atoms with van der Waals surface area (Å²) in [5, 5.41) is 10.0. The third-order valence-corrected chi connectivity index (χ3v) is 2.70. The highest BCUT2D eigenvalue weighted by atomic mass is 19.4. The van der Waals surface area contributed by atoms with Crippen LogP contribution in [0.1, 0.15) is 40.0 Å². The van der Waals surface area contributed by atoms with E-state index in [1.807, 2.05) is 26.0 Å². The van der Waals surface area contributed by atoms with Gasteiger partial charge >= 0.3 is 6.18 Å². The molecule has 0 aliphatic rings. The Balaban J connectivity index is 4.42. The minimum atomic E-state index is -4.52. The maximum Gasteiger partial charge on any atom is 0.397 e. The predicted octanol–water partition coefficient (Wildman–Crippen LogP) is 3.77. The van der Waals surface area contributed by atoms with Gasteiger partial charge in [0.15, 0.2) is 0 Å². The molecular weight excluding hydrogens is 269 g/mol. The number of halogens is 3.